The van der Waals surface area contributed by atoms with Crippen molar-refractivity contribution in [1.82, 2.24) is 10.2 Å². The summed E-state index contributed by atoms with van der Waals surface area (Å²) in [6.07, 6.45) is -1.48. The third-order valence-electron chi connectivity index (χ3n) is 5.26. The van der Waals surface area contributed by atoms with E-state index in [9.17, 15) is 27.6 Å². The molecule has 1 N–H and O–H groups in total. The monoisotopic (exact) mass is 390 g/mol. The highest BCUT2D eigenvalue weighted by atomic mass is 19.4. The number of esters is 1. The zero-order chi connectivity index (χ0) is 20.4. The van der Waals surface area contributed by atoms with Crippen molar-refractivity contribution in [2.75, 3.05) is 13.7 Å². The molecule has 2 aliphatic rings. The van der Waals surface area contributed by atoms with Crippen molar-refractivity contribution in [1.29, 1.82) is 0 Å². The van der Waals surface area contributed by atoms with Crippen molar-refractivity contribution >= 4 is 17.8 Å². The molecule has 1 heterocycles. The molecule has 0 aromatic rings. The molecular weight excluding hydrogens is 365 g/mol. The van der Waals surface area contributed by atoms with Crippen molar-refractivity contribution in [3.63, 3.8) is 0 Å². The molecule has 0 spiro atoms. The summed E-state index contributed by atoms with van der Waals surface area (Å²) >= 11 is 0. The Kier molecular flexibility index (Phi) is 6.21. The summed E-state index contributed by atoms with van der Waals surface area (Å²) in [6.45, 7) is 2.97. The number of nitrogens with one attached hydrogen (secondary N) is 1. The molecule has 1 saturated carbocycles. The zero-order valence-electron chi connectivity index (χ0n) is 15.7. The van der Waals surface area contributed by atoms with E-state index >= 15 is 0 Å². The SMILES string of the molecule is CCCN1C(=O)C(NC(=O)C2CCCCC2)(C(F)(F)F)C(C(=O)OC)=C1C. The molecule has 1 aliphatic heterocycles. The highest BCUT2D eigenvalue weighted by Crippen LogP contribution is 2.45. The quantitative estimate of drug-likeness (QED) is 0.733. The summed E-state index contributed by atoms with van der Waals surface area (Å²) in [5.74, 6) is -4.10. The maximum atomic E-state index is 14.2. The van der Waals surface area contributed by atoms with Gasteiger partial charge in [0.15, 0.2) is 0 Å². The molecule has 152 valence electrons. The molecule has 1 atom stereocenters. The molecular formula is C18H25F3N2O4. The summed E-state index contributed by atoms with van der Waals surface area (Å²) in [6, 6.07) is 0. The highest BCUT2D eigenvalue weighted by Gasteiger charge is 2.70. The lowest BCUT2D eigenvalue weighted by molar-refractivity contribution is -0.196. The van der Waals surface area contributed by atoms with Gasteiger partial charge in [-0.25, -0.2) is 4.79 Å². The average molecular weight is 390 g/mol. The molecule has 0 aromatic heterocycles. The van der Waals surface area contributed by atoms with Crippen molar-refractivity contribution in [2.24, 2.45) is 5.92 Å². The number of ether oxygens (including phenoxy) is 1. The number of carbonyl (C=O) groups is 3. The Labute approximate surface area is 156 Å². The van der Waals surface area contributed by atoms with Crippen LogP contribution in [0.25, 0.3) is 0 Å². The van der Waals surface area contributed by atoms with E-state index in [1.807, 2.05) is 5.32 Å². The Hall–Kier alpha value is -2.06. The van der Waals surface area contributed by atoms with Crippen LogP contribution in [0.3, 0.4) is 0 Å². The Morgan fingerprint density at radius 3 is 2.33 bits per heavy atom. The van der Waals surface area contributed by atoms with Gasteiger partial charge in [0.2, 0.25) is 11.4 Å². The van der Waals surface area contributed by atoms with Gasteiger partial charge in [-0.2, -0.15) is 13.2 Å². The Morgan fingerprint density at radius 2 is 1.85 bits per heavy atom. The minimum Gasteiger partial charge on any atom is -0.466 e. The van der Waals surface area contributed by atoms with Gasteiger partial charge in [0.25, 0.3) is 5.91 Å². The minimum absolute atomic E-state index is 0.00227. The smallest absolute Gasteiger partial charge is 0.425 e. The molecule has 1 unspecified atom stereocenters. The molecule has 1 fully saturated rings. The summed E-state index contributed by atoms with van der Waals surface area (Å²) in [4.78, 5) is 38.6. The van der Waals surface area contributed by atoms with E-state index in [-0.39, 0.29) is 12.2 Å². The van der Waals surface area contributed by atoms with Crippen molar-refractivity contribution < 1.29 is 32.3 Å². The largest absolute Gasteiger partial charge is 0.466 e. The second-order valence-corrected chi connectivity index (χ2v) is 6.98. The Morgan fingerprint density at radius 1 is 1.26 bits per heavy atom. The Balaban J connectivity index is 2.55. The number of allylic oxidation sites excluding steroid dienone is 1. The van der Waals surface area contributed by atoms with E-state index in [2.05, 4.69) is 4.74 Å². The molecule has 0 bridgehead atoms. The molecule has 9 heteroatoms. The first-order chi connectivity index (χ1) is 12.6. The average Bonchev–Trinajstić information content (AvgIpc) is 2.84. The molecule has 0 saturated heterocycles. The second kappa shape index (κ2) is 7.90. The number of nitrogens with zero attached hydrogens (tertiary/aromatic N) is 1. The van der Waals surface area contributed by atoms with Gasteiger partial charge in [-0.15, -0.1) is 0 Å². The van der Waals surface area contributed by atoms with Crippen LogP contribution < -0.4 is 5.32 Å². The summed E-state index contributed by atoms with van der Waals surface area (Å²) < 4.78 is 47.2. The lowest BCUT2D eigenvalue weighted by Crippen LogP contribution is -2.67. The number of alkyl halides is 3. The predicted molar refractivity (Wildman–Crippen MR) is 90.2 cm³/mol. The zero-order valence-corrected chi connectivity index (χ0v) is 15.7. The number of amides is 2. The normalized spacial score (nSPS) is 24.4. The number of hydrogen-bond donors (Lipinski definition) is 1. The van der Waals surface area contributed by atoms with E-state index in [0.29, 0.717) is 19.3 Å². The maximum absolute atomic E-state index is 14.2. The lowest BCUT2D eigenvalue weighted by Gasteiger charge is -2.34. The van der Waals surface area contributed by atoms with E-state index in [4.69, 9.17) is 0 Å². The third-order valence-corrected chi connectivity index (χ3v) is 5.26. The predicted octanol–water partition coefficient (Wildman–Crippen LogP) is 2.68. The van der Waals surface area contributed by atoms with E-state index in [1.54, 1.807) is 6.92 Å². The van der Waals surface area contributed by atoms with Crippen molar-refractivity contribution in [3.05, 3.63) is 11.3 Å². The van der Waals surface area contributed by atoms with Crippen LogP contribution in [0.2, 0.25) is 0 Å². The van der Waals surface area contributed by atoms with Crippen LogP contribution in [0.5, 0.6) is 0 Å². The van der Waals surface area contributed by atoms with Gasteiger partial charge in [0.05, 0.1) is 7.11 Å². The van der Waals surface area contributed by atoms with Crippen LogP contribution in [0.1, 0.15) is 52.4 Å². The van der Waals surface area contributed by atoms with Crippen LogP contribution in [0.15, 0.2) is 11.3 Å². The van der Waals surface area contributed by atoms with Crippen LogP contribution >= 0.6 is 0 Å². The van der Waals surface area contributed by atoms with Crippen molar-refractivity contribution in [2.45, 2.75) is 64.1 Å². The van der Waals surface area contributed by atoms with Gasteiger partial charge in [0.1, 0.15) is 5.57 Å². The first-order valence-electron chi connectivity index (χ1n) is 9.12. The Bertz CT molecular complexity index is 653. The fraction of sp³-hybridized carbons (Fsp3) is 0.722. The van der Waals surface area contributed by atoms with Gasteiger partial charge in [0, 0.05) is 18.2 Å². The van der Waals surface area contributed by atoms with Crippen LogP contribution in [-0.4, -0.2) is 48.1 Å². The fourth-order valence-electron chi connectivity index (χ4n) is 3.87. The van der Waals surface area contributed by atoms with Gasteiger partial charge in [-0.1, -0.05) is 26.2 Å². The topological polar surface area (TPSA) is 75.7 Å². The molecule has 0 aromatic carbocycles. The van der Waals surface area contributed by atoms with Crippen LogP contribution in [0.4, 0.5) is 13.2 Å². The third kappa shape index (κ3) is 3.55. The maximum Gasteiger partial charge on any atom is 0.425 e. The highest BCUT2D eigenvalue weighted by molar-refractivity contribution is 6.10. The fourth-order valence-corrected chi connectivity index (χ4v) is 3.87. The summed E-state index contributed by atoms with van der Waals surface area (Å²) in [7, 11) is 0.944. The van der Waals surface area contributed by atoms with Crippen molar-refractivity contribution in [3.8, 4) is 0 Å². The van der Waals surface area contributed by atoms with E-state index < -0.39 is 41.0 Å². The van der Waals surface area contributed by atoms with Gasteiger partial charge >= 0.3 is 12.1 Å². The second-order valence-electron chi connectivity index (χ2n) is 6.98. The number of carbonyl (C=O) groups excluding carboxylic acids is 3. The first kappa shape index (κ1) is 21.2. The molecule has 1 aliphatic carbocycles. The van der Waals surface area contributed by atoms with Gasteiger partial charge < -0.3 is 15.0 Å². The van der Waals surface area contributed by atoms with Crippen LogP contribution in [0, 0.1) is 5.92 Å². The number of methoxy groups -OCH3 is 1. The summed E-state index contributed by atoms with van der Waals surface area (Å²) in [5, 5.41) is 1.92. The summed E-state index contributed by atoms with van der Waals surface area (Å²) in [5.41, 5.74) is -4.41. The first-order valence-corrected chi connectivity index (χ1v) is 9.12. The molecule has 0 radical (unpaired) electrons. The van der Waals surface area contributed by atoms with E-state index in [0.717, 1.165) is 31.3 Å². The number of hydrogen-bond acceptors (Lipinski definition) is 4. The number of rotatable bonds is 5. The molecule has 2 amide bonds. The van der Waals surface area contributed by atoms with Gasteiger partial charge in [-0.05, 0) is 26.2 Å². The van der Waals surface area contributed by atoms with E-state index in [1.165, 1.54) is 6.92 Å². The van der Waals surface area contributed by atoms with Gasteiger partial charge in [-0.3, -0.25) is 9.59 Å². The molecule has 27 heavy (non-hydrogen) atoms. The minimum atomic E-state index is -5.19. The lowest BCUT2D eigenvalue weighted by atomic mass is 9.85. The number of halogens is 3. The van der Waals surface area contributed by atoms with Crippen LogP contribution in [-0.2, 0) is 19.1 Å². The molecule has 6 nitrogen and oxygen atoms in total. The standard InChI is InChI=1S/C18H25F3N2O4/c1-4-10-23-11(2)13(15(25)27-3)17(16(23)26,18(19,20)21)22-14(24)12-8-6-5-7-9-12/h12H,4-10H2,1-3H3,(H,22,24). The molecule has 2 rings (SSSR count).